The van der Waals surface area contributed by atoms with Crippen LogP contribution in [0.5, 0.6) is 0 Å². The molecular weight excluding hydrogens is 182 g/mol. The van der Waals surface area contributed by atoms with Gasteiger partial charge in [-0.3, -0.25) is 0 Å². The first-order valence-electron chi connectivity index (χ1n) is 5.62. The summed E-state index contributed by atoms with van der Waals surface area (Å²) in [6, 6.07) is 11.0. The largest absolute Gasteiger partial charge is 0.197 e. The fraction of sp³-hybridized carbons (Fsp3) is 0.500. The van der Waals surface area contributed by atoms with E-state index >= 15 is 0 Å². The molecule has 78 valence electrons. The van der Waals surface area contributed by atoms with Crippen LogP contribution in [0.15, 0.2) is 24.3 Å². The first-order valence-corrected chi connectivity index (χ1v) is 5.62. The Morgan fingerprint density at radius 3 is 2.67 bits per heavy atom. The molecular formula is C14H17N. The minimum Gasteiger partial charge on any atom is -0.197 e. The van der Waals surface area contributed by atoms with Gasteiger partial charge < -0.3 is 0 Å². The highest BCUT2D eigenvalue weighted by Gasteiger charge is 2.46. The summed E-state index contributed by atoms with van der Waals surface area (Å²) < 4.78 is 0. The Balaban J connectivity index is 2.63. The standard InChI is InChI=1S/C14H17N/c1-10(2)14(9-15)11(3)8-12-6-4-5-7-13(12)14/h4-7,10-11H,8H2,1-3H3/t11-,14-/m0/s1. The molecule has 0 bridgehead atoms. The third-order valence-corrected chi connectivity index (χ3v) is 3.86. The smallest absolute Gasteiger partial charge is 0.0876 e. The highest BCUT2D eigenvalue weighted by Crippen LogP contribution is 2.47. The third kappa shape index (κ3) is 1.21. The maximum Gasteiger partial charge on any atom is 0.0876 e. The van der Waals surface area contributed by atoms with Crippen LogP contribution < -0.4 is 0 Å². The molecule has 0 heterocycles. The van der Waals surface area contributed by atoms with Crippen molar-refractivity contribution in [2.75, 3.05) is 0 Å². The van der Waals surface area contributed by atoms with Crippen molar-refractivity contribution in [3.05, 3.63) is 35.4 Å². The van der Waals surface area contributed by atoms with Crippen molar-refractivity contribution in [2.24, 2.45) is 11.8 Å². The second kappa shape index (κ2) is 3.38. The summed E-state index contributed by atoms with van der Waals surface area (Å²) in [5.41, 5.74) is 2.35. The molecule has 0 unspecified atom stereocenters. The molecule has 1 heteroatoms. The Labute approximate surface area is 91.7 Å². The lowest BCUT2D eigenvalue weighted by atomic mass is 9.69. The van der Waals surface area contributed by atoms with Gasteiger partial charge in [-0.2, -0.15) is 5.26 Å². The molecule has 1 aliphatic carbocycles. The van der Waals surface area contributed by atoms with Gasteiger partial charge in [-0.15, -0.1) is 0 Å². The molecule has 1 aliphatic rings. The van der Waals surface area contributed by atoms with Crippen molar-refractivity contribution in [1.82, 2.24) is 0 Å². The van der Waals surface area contributed by atoms with E-state index in [-0.39, 0.29) is 5.41 Å². The number of nitriles is 1. The van der Waals surface area contributed by atoms with Crippen LogP contribution in [0.4, 0.5) is 0 Å². The van der Waals surface area contributed by atoms with Crippen molar-refractivity contribution >= 4 is 0 Å². The van der Waals surface area contributed by atoms with Crippen LogP contribution in [0.25, 0.3) is 0 Å². The monoisotopic (exact) mass is 199 g/mol. The van der Waals surface area contributed by atoms with Crippen LogP contribution in [0.2, 0.25) is 0 Å². The van der Waals surface area contributed by atoms with Crippen LogP contribution >= 0.6 is 0 Å². The minimum absolute atomic E-state index is 0.267. The van der Waals surface area contributed by atoms with Gasteiger partial charge in [0.2, 0.25) is 0 Å². The first-order chi connectivity index (χ1) is 7.13. The van der Waals surface area contributed by atoms with E-state index in [1.165, 1.54) is 11.1 Å². The Morgan fingerprint density at radius 2 is 2.07 bits per heavy atom. The highest BCUT2D eigenvalue weighted by molar-refractivity contribution is 5.46. The van der Waals surface area contributed by atoms with E-state index in [9.17, 15) is 5.26 Å². The Kier molecular flexibility index (Phi) is 2.31. The maximum absolute atomic E-state index is 9.55. The van der Waals surface area contributed by atoms with E-state index in [0.717, 1.165) is 6.42 Å². The summed E-state index contributed by atoms with van der Waals surface area (Å²) in [4.78, 5) is 0. The highest BCUT2D eigenvalue weighted by atomic mass is 14.5. The number of hydrogen-bond acceptors (Lipinski definition) is 1. The lowest BCUT2D eigenvalue weighted by Crippen LogP contribution is -2.34. The molecule has 0 radical (unpaired) electrons. The van der Waals surface area contributed by atoms with Crippen molar-refractivity contribution in [3.63, 3.8) is 0 Å². The molecule has 0 N–H and O–H groups in total. The van der Waals surface area contributed by atoms with E-state index in [2.05, 4.69) is 45.0 Å². The van der Waals surface area contributed by atoms with Gasteiger partial charge in [-0.25, -0.2) is 0 Å². The summed E-state index contributed by atoms with van der Waals surface area (Å²) in [5, 5.41) is 9.55. The molecule has 0 aliphatic heterocycles. The van der Waals surface area contributed by atoms with Gasteiger partial charge in [0.15, 0.2) is 0 Å². The zero-order chi connectivity index (χ0) is 11.1. The predicted molar refractivity (Wildman–Crippen MR) is 61.4 cm³/mol. The van der Waals surface area contributed by atoms with Gasteiger partial charge in [0.05, 0.1) is 11.5 Å². The molecule has 1 aromatic rings. The summed E-state index contributed by atoms with van der Waals surface area (Å²) in [7, 11) is 0. The average molecular weight is 199 g/mol. The van der Waals surface area contributed by atoms with Crippen LogP contribution in [0, 0.1) is 23.2 Å². The van der Waals surface area contributed by atoms with Gasteiger partial charge in [-0.05, 0) is 29.4 Å². The Hall–Kier alpha value is -1.29. The molecule has 0 aromatic heterocycles. The summed E-state index contributed by atoms with van der Waals surface area (Å²) in [6.45, 7) is 6.51. The summed E-state index contributed by atoms with van der Waals surface area (Å²) in [6.07, 6.45) is 1.04. The molecule has 1 nitrogen and oxygen atoms in total. The molecule has 0 saturated heterocycles. The number of fused-ring (bicyclic) bond motifs is 1. The van der Waals surface area contributed by atoms with Gasteiger partial charge in [0, 0.05) is 0 Å². The van der Waals surface area contributed by atoms with Crippen LogP contribution in [0.1, 0.15) is 31.9 Å². The molecule has 0 saturated carbocycles. The minimum atomic E-state index is -0.267. The predicted octanol–water partition coefficient (Wildman–Crippen LogP) is 3.30. The van der Waals surface area contributed by atoms with Crippen molar-refractivity contribution in [2.45, 2.75) is 32.6 Å². The zero-order valence-electron chi connectivity index (χ0n) is 9.62. The molecule has 2 atom stereocenters. The van der Waals surface area contributed by atoms with Gasteiger partial charge in [0.1, 0.15) is 0 Å². The van der Waals surface area contributed by atoms with Crippen LogP contribution in [-0.4, -0.2) is 0 Å². The zero-order valence-corrected chi connectivity index (χ0v) is 9.62. The molecule has 1 aromatic carbocycles. The second-order valence-corrected chi connectivity index (χ2v) is 4.90. The molecule has 2 rings (SSSR count). The van der Waals surface area contributed by atoms with Gasteiger partial charge in [0.25, 0.3) is 0 Å². The van der Waals surface area contributed by atoms with Crippen molar-refractivity contribution in [3.8, 4) is 6.07 Å². The molecule has 0 amide bonds. The van der Waals surface area contributed by atoms with Crippen molar-refractivity contribution in [1.29, 1.82) is 5.26 Å². The fourth-order valence-corrected chi connectivity index (χ4v) is 3.04. The van der Waals surface area contributed by atoms with E-state index in [4.69, 9.17) is 0 Å². The quantitative estimate of drug-likeness (QED) is 0.680. The Morgan fingerprint density at radius 1 is 1.40 bits per heavy atom. The lowest BCUT2D eigenvalue weighted by molar-refractivity contribution is 0.302. The van der Waals surface area contributed by atoms with E-state index < -0.39 is 0 Å². The maximum atomic E-state index is 9.55. The number of nitrogens with zero attached hydrogens (tertiary/aromatic N) is 1. The van der Waals surface area contributed by atoms with E-state index in [1.807, 2.05) is 6.07 Å². The van der Waals surface area contributed by atoms with Crippen LogP contribution in [0.3, 0.4) is 0 Å². The van der Waals surface area contributed by atoms with Crippen LogP contribution in [-0.2, 0) is 11.8 Å². The fourth-order valence-electron chi connectivity index (χ4n) is 3.04. The lowest BCUT2D eigenvalue weighted by Gasteiger charge is -2.31. The number of rotatable bonds is 1. The van der Waals surface area contributed by atoms with E-state index in [1.54, 1.807) is 0 Å². The van der Waals surface area contributed by atoms with Crippen molar-refractivity contribution < 1.29 is 0 Å². The molecule has 0 spiro atoms. The topological polar surface area (TPSA) is 23.8 Å². The normalized spacial score (nSPS) is 28.9. The summed E-state index contributed by atoms with van der Waals surface area (Å²) >= 11 is 0. The summed E-state index contributed by atoms with van der Waals surface area (Å²) in [5.74, 6) is 0.807. The van der Waals surface area contributed by atoms with E-state index in [0.29, 0.717) is 11.8 Å². The first kappa shape index (κ1) is 10.2. The average Bonchev–Trinajstić information content (AvgIpc) is 2.50. The van der Waals surface area contributed by atoms with Gasteiger partial charge >= 0.3 is 0 Å². The molecule has 15 heavy (non-hydrogen) atoms. The Bertz CT molecular complexity index is 414. The third-order valence-electron chi connectivity index (χ3n) is 3.86. The molecule has 0 fully saturated rings. The number of hydrogen-bond donors (Lipinski definition) is 0. The number of benzene rings is 1. The second-order valence-electron chi connectivity index (χ2n) is 4.90. The van der Waals surface area contributed by atoms with Gasteiger partial charge in [-0.1, -0.05) is 45.0 Å². The SMILES string of the molecule is CC(C)[C@]1(C#N)c2ccccc2C[C@@H]1C.